The van der Waals surface area contributed by atoms with Crippen molar-refractivity contribution in [2.45, 2.75) is 13.8 Å². The van der Waals surface area contributed by atoms with Gasteiger partial charge in [-0.1, -0.05) is 29.8 Å². The Hall–Kier alpha value is -2.21. The van der Waals surface area contributed by atoms with E-state index >= 15 is 0 Å². The quantitative estimate of drug-likeness (QED) is 0.780. The lowest BCUT2D eigenvalue weighted by atomic mass is 10.1. The van der Waals surface area contributed by atoms with Gasteiger partial charge in [0.1, 0.15) is 0 Å². The number of benzene rings is 1. The topological polar surface area (TPSA) is 59.3 Å². The zero-order valence-electron chi connectivity index (χ0n) is 10.5. The van der Waals surface area contributed by atoms with E-state index in [1.54, 1.807) is 4.52 Å². The average Bonchev–Trinajstić information content (AvgIpc) is 2.89. The summed E-state index contributed by atoms with van der Waals surface area (Å²) in [5.41, 5.74) is 3.27. The summed E-state index contributed by atoms with van der Waals surface area (Å²) in [6.45, 7) is 3.49. The number of nitrogens with one attached hydrogen (secondary N) is 1. The predicted molar refractivity (Wildman–Crippen MR) is 75.3 cm³/mol. The van der Waals surface area contributed by atoms with Crippen LogP contribution in [0.3, 0.4) is 0 Å². The SMILES string of the molecule is CC(=O)Nc1nc2scc(-c3ccc(C)cc3)n2n1. The first-order valence-corrected chi connectivity index (χ1v) is 6.70. The van der Waals surface area contributed by atoms with E-state index < -0.39 is 0 Å². The molecule has 0 spiro atoms. The Morgan fingerprint density at radius 3 is 2.74 bits per heavy atom. The lowest BCUT2D eigenvalue weighted by molar-refractivity contribution is -0.114. The third kappa shape index (κ3) is 2.22. The van der Waals surface area contributed by atoms with E-state index in [-0.39, 0.29) is 5.91 Å². The molecule has 0 aliphatic carbocycles. The number of amides is 1. The van der Waals surface area contributed by atoms with Gasteiger partial charge < -0.3 is 0 Å². The molecule has 6 heteroatoms. The highest BCUT2D eigenvalue weighted by Gasteiger charge is 2.11. The van der Waals surface area contributed by atoms with Gasteiger partial charge in [0.05, 0.1) is 5.69 Å². The van der Waals surface area contributed by atoms with E-state index in [1.807, 2.05) is 5.38 Å². The van der Waals surface area contributed by atoms with Crippen LogP contribution in [-0.2, 0) is 4.79 Å². The zero-order valence-corrected chi connectivity index (χ0v) is 11.4. The van der Waals surface area contributed by atoms with Crippen molar-refractivity contribution in [2.75, 3.05) is 5.32 Å². The van der Waals surface area contributed by atoms with Crippen LogP contribution in [0.15, 0.2) is 29.6 Å². The number of rotatable bonds is 2. The minimum Gasteiger partial charge on any atom is -0.293 e. The summed E-state index contributed by atoms with van der Waals surface area (Å²) in [5, 5.41) is 8.90. The van der Waals surface area contributed by atoms with E-state index in [1.165, 1.54) is 23.8 Å². The first-order valence-electron chi connectivity index (χ1n) is 5.82. The maximum Gasteiger partial charge on any atom is 0.250 e. The monoisotopic (exact) mass is 272 g/mol. The van der Waals surface area contributed by atoms with E-state index in [9.17, 15) is 4.79 Å². The molecule has 0 fully saturated rings. The molecule has 0 unspecified atom stereocenters. The number of hydrogen-bond acceptors (Lipinski definition) is 4. The Bertz CT molecular complexity index is 742. The highest BCUT2D eigenvalue weighted by atomic mass is 32.1. The zero-order chi connectivity index (χ0) is 13.4. The van der Waals surface area contributed by atoms with Crippen LogP contribution in [0.2, 0.25) is 0 Å². The van der Waals surface area contributed by atoms with Crippen molar-refractivity contribution >= 4 is 28.2 Å². The molecule has 3 rings (SSSR count). The van der Waals surface area contributed by atoms with Crippen molar-refractivity contribution in [3.05, 3.63) is 35.2 Å². The van der Waals surface area contributed by atoms with Crippen molar-refractivity contribution in [2.24, 2.45) is 0 Å². The second-order valence-electron chi connectivity index (χ2n) is 4.30. The first-order chi connectivity index (χ1) is 9.13. The minimum atomic E-state index is -0.171. The molecule has 0 saturated carbocycles. The highest BCUT2D eigenvalue weighted by Crippen LogP contribution is 2.26. The Morgan fingerprint density at radius 2 is 2.05 bits per heavy atom. The number of aromatic nitrogens is 3. The van der Waals surface area contributed by atoms with E-state index in [4.69, 9.17) is 0 Å². The Kier molecular flexibility index (Phi) is 2.79. The minimum absolute atomic E-state index is 0.171. The molecule has 96 valence electrons. The molecule has 1 N–H and O–H groups in total. The van der Waals surface area contributed by atoms with E-state index in [0.29, 0.717) is 5.95 Å². The van der Waals surface area contributed by atoms with Gasteiger partial charge in [0.2, 0.25) is 16.8 Å². The fourth-order valence-corrected chi connectivity index (χ4v) is 2.65. The molecule has 0 aliphatic heterocycles. The van der Waals surface area contributed by atoms with Crippen molar-refractivity contribution in [1.82, 2.24) is 14.6 Å². The smallest absolute Gasteiger partial charge is 0.250 e. The van der Waals surface area contributed by atoms with Gasteiger partial charge in [-0.2, -0.15) is 4.98 Å². The number of carbonyl (C=O) groups excluding carboxylic acids is 1. The number of thiazole rings is 1. The lowest BCUT2D eigenvalue weighted by Gasteiger charge is -1.99. The number of anilines is 1. The third-order valence-corrected chi connectivity index (χ3v) is 3.53. The molecule has 1 aromatic carbocycles. The lowest BCUT2D eigenvalue weighted by Crippen LogP contribution is -2.07. The van der Waals surface area contributed by atoms with Gasteiger partial charge in [0, 0.05) is 17.9 Å². The van der Waals surface area contributed by atoms with Crippen molar-refractivity contribution in [3.63, 3.8) is 0 Å². The van der Waals surface area contributed by atoms with Gasteiger partial charge in [0.25, 0.3) is 0 Å². The second-order valence-corrected chi connectivity index (χ2v) is 5.13. The summed E-state index contributed by atoms with van der Waals surface area (Å²) < 4.78 is 1.75. The van der Waals surface area contributed by atoms with Crippen LogP contribution in [0.1, 0.15) is 12.5 Å². The highest BCUT2D eigenvalue weighted by molar-refractivity contribution is 7.15. The van der Waals surface area contributed by atoms with Crippen LogP contribution >= 0.6 is 11.3 Å². The van der Waals surface area contributed by atoms with Crippen LogP contribution in [0.25, 0.3) is 16.2 Å². The number of carbonyl (C=O) groups is 1. The molecule has 19 heavy (non-hydrogen) atoms. The second kappa shape index (κ2) is 4.47. The van der Waals surface area contributed by atoms with Crippen LogP contribution in [0, 0.1) is 6.92 Å². The number of aryl methyl sites for hydroxylation is 1. The normalized spacial score (nSPS) is 10.8. The van der Waals surface area contributed by atoms with Crippen LogP contribution in [0.5, 0.6) is 0 Å². The fraction of sp³-hybridized carbons (Fsp3) is 0.154. The van der Waals surface area contributed by atoms with Crippen molar-refractivity contribution in [1.29, 1.82) is 0 Å². The average molecular weight is 272 g/mol. The summed E-state index contributed by atoms with van der Waals surface area (Å²) in [6, 6.07) is 8.22. The maximum absolute atomic E-state index is 11.0. The van der Waals surface area contributed by atoms with Gasteiger partial charge >= 0.3 is 0 Å². The number of hydrogen-bond donors (Lipinski definition) is 1. The Morgan fingerprint density at radius 1 is 1.32 bits per heavy atom. The van der Waals surface area contributed by atoms with E-state index in [0.717, 1.165) is 16.2 Å². The molecular formula is C13H12N4OS. The molecule has 1 amide bonds. The third-order valence-electron chi connectivity index (χ3n) is 2.72. The Labute approximate surface area is 113 Å². The molecule has 3 aromatic rings. The summed E-state index contributed by atoms with van der Waals surface area (Å²) in [5.74, 6) is 0.169. The molecule has 0 radical (unpaired) electrons. The van der Waals surface area contributed by atoms with Gasteiger partial charge in [-0.25, -0.2) is 4.52 Å². The van der Waals surface area contributed by atoms with Gasteiger partial charge in [-0.3, -0.25) is 10.1 Å². The maximum atomic E-state index is 11.0. The molecule has 0 saturated heterocycles. The summed E-state index contributed by atoms with van der Waals surface area (Å²) in [7, 11) is 0. The fourth-order valence-electron chi connectivity index (χ4n) is 1.81. The largest absolute Gasteiger partial charge is 0.293 e. The van der Waals surface area contributed by atoms with E-state index in [2.05, 4.69) is 46.6 Å². The van der Waals surface area contributed by atoms with Gasteiger partial charge in [0.15, 0.2) is 0 Å². The summed E-state index contributed by atoms with van der Waals surface area (Å²) in [6.07, 6.45) is 0. The van der Waals surface area contributed by atoms with Crippen molar-refractivity contribution < 1.29 is 4.79 Å². The molecule has 2 heterocycles. The number of fused-ring (bicyclic) bond motifs is 1. The molecule has 0 atom stereocenters. The summed E-state index contributed by atoms with van der Waals surface area (Å²) in [4.78, 5) is 16.0. The molecular weight excluding hydrogens is 260 g/mol. The van der Waals surface area contributed by atoms with Crippen molar-refractivity contribution in [3.8, 4) is 11.3 Å². The standard InChI is InChI=1S/C13H12N4OS/c1-8-3-5-10(6-4-8)11-7-19-13-15-12(14-9(2)18)16-17(11)13/h3-7H,1-2H3,(H,14,16,18). The van der Waals surface area contributed by atoms with Crippen LogP contribution < -0.4 is 5.32 Å². The molecule has 2 aromatic heterocycles. The Balaban J connectivity index is 2.06. The summed E-state index contributed by atoms with van der Waals surface area (Å²) >= 11 is 1.50. The van der Waals surface area contributed by atoms with Gasteiger partial charge in [-0.15, -0.1) is 16.4 Å². The molecule has 0 aliphatic rings. The number of nitrogens with zero attached hydrogens (tertiary/aromatic N) is 3. The molecule has 0 bridgehead atoms. The first kappa shape index (κ1) is 11.9. The van der Waals surface area contributed by atoms with Gasteiger partial charge in [-0.05, 0) is 6.92 Å². The molecule has 5 nitrogen and oxygen atoms in total. The predicted octanol–water partition coefficient (Wildman–Crippen LogP) is 2.72. The van der Waals surface area contributed by atoms with Crippen LogP contribution in [0.4, 0.5) is 5.95 Å². The van der Waals surface area contributed by atoms with Crippen LogP contribution in [-0.4, -0.2) is 20.5 Å².